The minimum Gasteiger partial charge on any atom is -0.396 e. The van der Waals surface area contributed by atoms with Crippen LogP contribution < -0.4 is 5.32 Å². The molecule has 3 heteroatoms. The number of aliphatic hydroxyl groups excluding tert-OH is 1. The molecular formula is C17H36N2O. The van der Waals surface area contributed by atoms with Gasteiger partial charge in [-0.1, -0.05) is 20.3 Å². The van der Waals surface area contributed by atoms with Gasteiger partial charge in [-0.05, 0) is 70.5 Å². The van der Waals surface area contributed by atoms with E-state index >= 15 is 0 Å². The van der Waals surface area contributed by atoms with E-state index in [0.717, 1.165) is 18.9 Å². The summed E-state index contributed by atoms with van der Waals surface area (Å²) in [6.07, 6.45) is 7.38. The van der Waals surface area contributed by atoms with E-state index in [9.17, 15) is 0 Å². The van der Waals surface area contributed by atoms with Crippen molar-refractivity contribution in [3.8, 4) is 0 Å². The van der Waals surface area contributed by atoms with Gasteiger partial charge in [-0.15, -0.1) is 0 Å². The molecule has 1 aliphatic heterocycles. The second kappa shape index (κ2) is 10.6. The van der Waals surface area contributed by atoms with E-state index in [2.05, 4.69) is 31.0 Å². The Morgan fingerprint density at radius 1 is 1.25 bits per heavy atom. The van der Waals surface area contributed by atoms with Gasteiger partial charge in [0.25, 0.3) is 0 Å². The zero-order valence-corrected chi connectivity index (χ0v) is 13.9. The van der Waals surface area contributed by atoms with Gasteiger partial charge in [0, 0.05) is 19.2 Å². The number of piperidine rings is 1. The number of aliphatic hydroxyl groups is 1. The van der Waals surface area contributed by atoms with Crippen LogP contribution in [-0.4, -0.2) is 48.8 Å². The van der Waals surface area contributed by atoms with Gasteiger partial charge in [-0.2, -0.15) is 0 Å². The van der Waals surface area contributed by atoms with Crippen LogP contribution in [0.5, 0.6) is 0 Å². The van der Waals surface area contributed by atoms with Crippen molar-refractivity contribution in [2.75, 3.05) is 32.8 Å². The first-order chi connectivity index (χ1) is 9.71. The molecule has 0 aromatic carbocycles. The third-order valence-corrected chi connectivity index (χ3v) is 4.75. The molecule has 0 aliphatic carbocycles. The van der Waals surface area contributed by atoms with Crippen molar-refractivity contribution in [3.05, 3.63) is 0 Å². The summed E-state index contributed by atoms with van der Waals surface area (Å²) in [5.74, 6) is 1.44. The van der Waals surface area contributed by atoms with E-state index in [1.165, 1.54) is 51.7 Å². The van der Waals surface area contributed by atoms with E-state index in [4.69, 9.17) is 5.11 Å². The van der Waals surface area contributed by atoms with Crippen molar-refractivity contribution in [1.82, 2.24) is 10.2 Å². The second-order valence-electron chi connectivity index (χ2n) is 6.57. The Kier molecular flexibility index (Phi) is 9.49. The number of likely N-dealkylation sites (tertiary alicyclic amines) is 1. The summed E-state index contributed by atoms with van der Waals surface area (Å²) >= 11 is 0. The Bertz CT molecular complexity index is 227. The van der Waals surface area contributed by atoms with Crippen molar-refractivity contribution in [2.45, 2.75) is 65.3 Å². The van der Waals surface area contributed by atoms with E-state index in [0.29, 0.717) is 18.6 Å². The average Bonchev–Trinajstić information content (AvgIpc) is 2.45. The fourth-order valence-corrected chi connectivity index (χ4v) is 3.48. The molecule has 0 radical (unpaired) electrons. The molecule has 1 fully saturated rings. The minimum atomic E-state index is 0.328. The molecule has 0 spiro atoms. The quantitative estimate of drug-likeness (QED) is 0.647. The van der Waals surface area contributed by atoms with Crippen molar-refractivity contribution in [3.63, 3.8) is 0 Å². The molecule has 3 nitrogen and oxygen atoms in total. The van der Waals surface area contributed by atoms with Gasteiger partial charge >= 0.3 is 0 Å². The highest BCUT2D eigenvalue weighted by atomic mass is 16.3. The van der Waals surface area contributed by atoms with E-state index < -0.39 is 0 Å². The number of rotatable bonds is 10. The first-order valence-electron chi connectivity index (χ1n) is 8.77. The van der Waals surface area contributed by atoms with Crippen LogP contribution in [0.4, 0.5) is 0 Å². The second-order valence-corrected chi connectivity index (χ2v) is 6.57. The lowest BCUT2D eigenvalue weighted by Crippen LogP contribution is -2.45. The highest BCUT2D eigenvalue weighted by Crippen LogP contribution is 2.20. The van der Waals surface area contributed by atoms with E-state index in [1.54, 1.807) is 0 Å². The molecule has 0 bridgehead atoms. The fourth-order valence-electron chi connectivity index (χ4n) is 3.48. The van der Waals surface area contributed by atoms with Crippen molar-refractivity contribution in [1.29, 1.82) is 0 Å². The zero-order valence-electron chi connectivity index (χ0n) is 13.9. The highest BCUT2D eigenvalue weighted by Gasteiger charge is 2.24. The van der Waals surface area contributed by atoms with Crippen LogP contribution in [0.15, 0.2) is 0 Å². The normalized spacial score (nSPS) is 23.7. The lowest BCUT2D eigenvalue weighted by molar-refractivity contribution is 0.147. The largest absolute Gasteiger partial charge is 0.396 e. The van der Waals surface area contributed by atoms with Gasteiger partial charge in [0.2, 0.25) is 0 Å². The lowest BCUT2D eigenvalue weighted by atomic mass is 9.90. The number of nitrogens with one attached hydrogen (secondary N) is 1. The molecule has 120 valence electrons. The molecule has 3 unspecified atom stereocenters. The molecule has 0 saturated carbocycles. The molecule has 3 atom stereocenters. The third-order valence-electron chi connectivity index (χ3n) is 4.75. The maximum Gasteiger partial charge on any atom is 0.0434 e. The van der Waals surface area contributed by atoms with Gasteiger partial charge in [-0.3, -0.25) is 0 Å². The average molecular weight is 284 g/mol. The summed E-state index contributed by atoms with van der Waals surface area (Å²) < 4.78 is 0. The number of nitrogens with zero attached hydrogens (tertiary/aromatic N) is 1. The lowest BCUT2D eigenvalue weighted by Gasteiger charge is -2.36. The molecular weight excluding hydrogens is 248 g/mol. The smallest absolute Gasteiger partial charge is 0.0434 e. The van der Waals surface area contributed by atoms with Crippen LogP contribution in [-0.2, 0) is 0 Å². The molecule has 1 heterocycles. The topological polar surface area (TPSA) is 35.5 Å². The van der Waals surface area contributed by atoms with Crippen molar-refractivity contribution < 1.29 is 5.11 Å². The number of hydrogen-bond donors (Lipinski definition) is 2. The van der Waals surface area contributed by atoms with Gasteiger partial charge in [0.15, 0.2) is 0 Å². The van der Waals surface area contributed by atoms with Gasteiger partial charge in [0.1, 0.15) is 0 Å². The Morgan fingerprint density at radius 3 is 2.70 bits per heavy atom. The third kappa shape index (κ3) is 6.55. The molecule has 1 aliphatic rings. The van der Waals surface area contributed by atoms with Gasteiger partial charge in [-0.25, -0.2) is 0 Å². The van der Waals surface area contributed by atoms with E-state index in [-0.39, 0.29) is 0 Å². The van der Waals surface area contributed by atoms with Crippen molar-refractivity contribution in [2.24, 2.45) is 11.8 Å². The number of hydrogen-bond acceptors (Lipinski definition) is 3. The monoisotopic (exact) mass is 284 g/mol. The minimum absolute atomic E-state index is 0.328. The first-order valence-corrected chi connectivity index (χ1v) is 8.77. The summed E-state index contributed by atoms with van der Waals surface area (Å²) in [7, 11) is 0. The van der Waals surface area contributed by atoms with E-state index in [1.807, 2.05) is 0 Å². The molecule has 1 rings (SSSR count). The summed E-state index contributed by atoms with van der Waals surface area (Å²) in [5.41, 5.74) is 0. The Labute approximate surface area is 126 Å². The van der Waals surface area contributed by atoms with Crippen LogP contribution in [0.2, 0.25) is 0 Å². The maximum atomic E-state index is 9.14. The summed E-state index contributed by atoms with van der Waals surface area (Å²) in [4.78, 5) is 2.63. The predicted octanol–water partition coefficient (Wildman–Crippen LogP) is 2.89. The van der Waals surface area contributed by atoms with Gasteiger partial charge < -0.3 is 15.3 Å². The molecule has 0 aromatic rings. The Morgan fingerprint density at radius 2 is 2.05 bits per heavy atom. The van der Waals surface area contributed by atoms with Crippen molar-refractivity contribution >= 4 is 0 Å². The molecule has 0 aromatic heterocycles. The highest BCUT2D eigenvalue weighted by molar-refractivity contribution is 4.81. The van der Waals surface area contributed by atoms with Gasteiger partial charge in [0.05, 0.1) is 0 Å². The molecule has 1 saturated heterocycles. The van der Waals surface area contributed by atoms with Crippen LogP contribution in [0.1, 0.15) is 59.3 Å². The van der Waals surface area contributed by atoms with Crippen LogP contribution in [0, 0.1) is 11.8 Å². The zero-order chi connectivity index (χ0) is 14.8. The molecule has 2 N–H and O–H groups in total. The fraction of sp³-hybridized carbons (Fsp3) is 1.00. The summed E-state index contributed by atoms with van der Waals surface area (Å²) in [6, 6.07) is 0.604. The summed E-state index contributed by atoms with van der Waals surface area (Å²) in [6.45, 7) is 12.1. The predicted molar refractivity (Wildman–Crippen MR) is 87.0 cm³/mol. The van der Waals surface area contributed by atoms with Crippen LogP contribution in [0.3, 0.4) is 0 Å². The molecule has 0 amide bonds. The SMILES string of the molecule is CCCC(CCO)CNC(C)C1CCCN(CCC)C1. The Hall–Kier alpha value is -0.120. The Balaban J connectivity index is 2.31. The maximum absolute atomic E-state index is 9.14. The summed E-state index contributed by atoms with van der Waals surface area (Å²) in [5, 5.41) is 12.9. The standard InChI is InChI=1S/C17H36N2O/c1-4-7-16(9-12-20)13-18-15(3)17-8-6-11-19(14-17)10-5-2/h15-18,20H,4-14H2,1-3H3. The van der Waals surface area contributed by atoms with Crippen LogP contribution >= 0.6 is 0 Å². The first kappa shape index (κ1) is 17.9. The molecule has 20 heavy (non-hydrogen) atoms. The van der Waals surface area contributed by atoms with Crippen LogP contribution in [0.25, 0.3) is 0 Å².